The fourth-order valence-electron chi connectivity index (χ4n) is 6.41. The molecule has 2 fully saturated rings. The van der Waals surface area contributed by atoms with Crippen LogP contribution in [0.15, 0.2) is 72.8 Å². The number of fused-ring (bicyclic) bond motifs is 1. The maximum atomic E-state index is 13.2. The second-order valence-corrected chi connectivity index (χ2v) is 11.3. The van der Waals surface area contributed by atoms with Crippen molar-refractivity contribution < 1.29 is 32.7 Å². The van der Waals surface area contributed by atoms with E-state index in [1.165, 1.54) is 17.0 Å². The Kier molecular flexibility index (Phi) is 7.14. The first-order chi connectivity index (χ1) is 20.0. The number of amides is 3. The zero-order valence-electron chi connectivity index (χ0n) is 22.7. The predicted molar refractivity (Wildman–Crippen MR) is 147 cm³/mol. The molecule has 7 nitrogen and oxygen atoms in total. The van der Waals surface area contributed by atoms with Gasteiger partial charge in [-0.3, -0.25) is 24.6 Å². The summed E-state index contributed by atoms with van der Waals surface area (Å²) in [5.41, 5.74) is 1.73. The Morgan fingerprint density at radius 2 is 1.57 bits per heavy atom. The first-order valence-electron chi connectivity index (χ1n) is 14.0. The first kappa shape index (κ1) is 28.1. The highest BCUT2D eigenvalue weighted by molar-refractivity contribution is 6.05. The van der Waals surface area contributed by atoms with Crippen molar-refractivity contribution >= 4 is 17.7 Å². The number of aliphatic hydroxyl groups is 1. The highest BCUT2D eigenvalue weighted by atomic mass is 19.4. The number of likely N-dealkylation sites (tertiary alicyclic amines) is 1. The van der Waals surface area contributed by atoms with Gasteiger partial charge in [0.2, 0.25) is 11.8 Å². The van der Waals surface area contributed by atoms with Crippen LogP contribution in [0, 0.1) is 0 Å². The number of nitrogens with one attached hydrogen (secondary N) is 1. The Hall–Kier alpha value is -4.02. The molecule has 0 radical (unpaired) electrons. The summed E-state index contributed by atoms with van der Waals surface area (Å²) >= 11 is 0. The van der Waals surface area contributed by atoms with Gasteiger partial charge in [0.05, 0.1) is 17.2 Å². The quantitative estimate of drug-likeness (QED) is 0.435. The summed E-state index contributed by atoms with van der Waals surface area (Å²) in [7, 11) is 0. The topological polar surface area (TPSA) is 90.0 Å². The summed E-state index contributed by atoms with van der Waals surface area (Å²) in [6, 6.07) is 19.1. The standard InChI is InChI=1S/C32H30F3N3O4/c33-32(34,35)23-8-6-21(7-9-23)28(20-4-2-1-3-5-20)37-16-14-31(42,15-17-37)24-10-11-25-22(18-24)19-38(30(25)41)26-12-13-27(39)36-29(26)40/h1-11,18,26,28,42H,12-17,19H2,(H,36,39,40). The van der Waals surface area contributed by atoms with Crippen LogP contribution < -0.4 is 5.32 Å². The highest BCUT2D eigenvalue weighted by Crippen LogP contribution is 2.40. The largest absolute Gasteiger partial charge is 0.416 e. The van der Waals surface area contributed by atoms with Crippen molar-refractivity contribution in [3.63, 3.8) is 0 Å². The van der Waals surface area contributed by atoms with Gasteiger partial charge in [-0.2, -0.15) is 13.2 Å². The average Bonchev–Trinajstić information content (AvgIpc) is 3.30. The summed E-state index contributed by atoms with van der Waals surface area (Å²) in [5, 5.41) is 14.0. The Bertz CT molecular complexity index is 1520. The van der Waals surface area contributed by atoms with E-state index in [1.807, 2.05) is 36.4 Å². The van der Waals surface area contributed by atoms with Crippen LogP contribution in [-0.2, 0) is 27.9 Å². The molecule has 42 heavy (non-hydrogen) atoms. The zero-order valence-corrected chi connectivity index (χ0v) is 22.7. The van der Waals surface area contributed by atoms with Gasteiger partial charge in [0.25, 0.3) is 5.91 Å². The molecule has 6 rings (SSSR count). The lowest BCUT2D eigenvalue weighted by molar-refractivity contribution is -0.138. The van der Waals surface area contributed by atoms with Gasteiger partial charge < -0.3 is 10.0 Å². The van der Waals surface area contributed by atoms with Crippen molar-refractivity contribution in [3.8, 4) is 0 Å². The molecule has 2 atom stereocenters. The number of hydrogen-bond donors (Lipinski definition) is 2. The smallest absolute Gasteiger partial charge is 0.385 e. The van der Waals surface area contributed by atoms with Gasteiger partial charge in [0, 0.05) is 31.6 Å². The molecule has 3 aromatic rings. The molecular formula is C32H30F3N3O4. The number of halogens is 3. The van der Waals surface area contributed by atoms with Crippen LogP contribution in [0.2, 0.25) is 0 Å². The Morgan fingerprint density at radius 3 is 2.21 bits per heavy atom. The van der Waals surface area contributed by atoms with Crippen LogP contribution in [0.1, 0.15) is 69.9 Å². The molecule has 3 amide bonds. The van der Waals surface area contributed by atoms with Crippen molar-refractivity contribution in [2.75, 3.05) is 13.1 Å². The molecule has 0 spiro atoms. The molecule has 2 saturated heterocycles. The number of alkyl halides is 3. The maximum Gasteiger partial charge on any atom is 0.416 e. The van der Waals surface area contributed by atoms with Crippen LogP contribution in [0.25, 0.3) is 0 Å². The molecule has 3 aliphatic rings. The second kappa shape index (κ2) is 10.7. The van der Waals surface area contributed by atoms with Crippen LogP contribution >= 0.6 is 0 Å². The maximum absolute atomic E-state index is 13.2. The molecular weight excluding hydrogens is 547 g/mol. The molecule has 0 aromatic heterocycles. The number of carbonyl (C=O) groups is 3. The third-order valence-corrected chi connectivity index (χ3v) is 8.72. The average molecular weight is 578 g/mol. The van der Waals surface area contributed by atoms with Gasteiger partial charge in [0.15, 0.2) is 0 Å². The summed E-state index contributed by atoms with van der Waals surface area (Å²) in [6.45, 7) is 1.21. The second-order valence-electron chi connectivity index (χ2n) is 11.3. The first-order valence-corrected chi connectivity index (χ1v) is 14.0. The fourth-order valence-corrected chi connectivity index (χ4v) is 6.41. The fraction of sp³-hybridized carbons (Fsp3) is 0.344. The Labute approximate surface area is 240 Å². The minimum Gasteiger partial charge on any atom is -0.385 e. The van der Waals surface area contributed by atoms with Crippen molar-refractivity contribution in [1.29, 1.82) is 0 Å². The molecule has 2 unspecified atom stereocenters. The summed E-state index contributed by atoms with van der Waals surface area (Å²) in [5.74, 6) is -1.08. The number of hydrogen-bond acceptors (Lipinski definition) is 5. The van der Waals surface area contributed by atoms with Crippen molar-refractivity contribution in [2.24, 2.45) is 0 Å². The van der Waals surface area contributed by atoms with Crippen molar-refractivity contribution in [1.82, 2.24) is 15.1 Å². The predicted octanol–water partition coefficient (Wildman–Crippen LogP) is 4.54. The third-order valence-electron chi connectivity index (χ3n) is 8.72. The van der Waals surface area contributed by atoms with Crippen LogP contribution in [-0.4, -0.2) is 51.8 Å². The minimum absolute atomic E-state index is 0.175. The van der Waals surface area contributed by atoms with Gasteiger partial charge in [-0.1, -0.05) is 54.6 Å². The molecule has 218 valence electrons. The van der Waals surface area contributed by atoms with E-state index in [0.29, 0.717) is 37.1 Å². The summed E-state index contributed by atoms with van der Waals surface area (Å²) < 4.78 is 39.6. The van der Waals surface area contributed by atoms with E-state index in [1.54, 1.807) is 12.1 Å². The van der Waals surface area contributed by atoms with Crippen LogP contribution in [0.4, 0.5) is 13.2 Å². The number of carbonyl (C=O) groups excluding carboxylic acids is 3. The SMILES string of the molecule is O=C1CCC(N2Cc3cc(C4(O)CCN(C(c5ccccc5)c5ccc(C(F)(F)F)cc5)CC4)ccc3C2=O)C(=O)N1. The number of piperidine rings is 2. The van der Waals surface area contributed by atoms with E-state index in [9.17, 15) is 32.7 Å². The number of nitrogens with zero attached hydrogens (tertiary/aromatic N) is 2. The molecule has 3 aliphatic heterocycles. The number of rotatable bonds is 5. The van der Waals surface area contributed by atoms with Gasteiger partial charge in [-0.15, -0.1) is 0 Å². The lowest BCUT2D eigenvalue weighted by atomic mass is 9.82. The van der Waals surface area contributed by atoms with E-state index in [0.717, 1.165) is 28.8 Å². The molecule has 3 heterocycles. The number of benzene rings is 3. The van der Waals surface area contributed by atoms with Crippen LogP contribution in [0.5, 0.6) is 0 Å². The van der Waals surface area contributed by atoms with Crippen LogP contribution in [0.3, 0.4) is 0 Å². The normalized spacial score (nSPS) is 21.7. The summed E-state index contributed by atoms with van der Waals surface area (Å²) in [6.07, 6.45) is -3.18. The third kappa shape index (κ3) is 5.20. The van der Waals surface area contributed by atoms with E-state index in [4.69, 9.17) is 0 Å². The van der Waals surface area contributed by atoms with Gasteiger partial charge >= 0.3 is 6.18 Å². The van der Waals surface area contributed by atoms with Gasteiger partial charge in [-0.05, 0) is 59.7 Å². The van der Waals surface area contributed by atoms with E-state index < -0.39 is 29.3 Å². The Morgan fingerprint density at radius 1 is 0.905 bits per heavy atom. The van der Waals surface area contributed by atoms with Gasteiger partial charge in [0.1, 0.15) is 6.04 Å². The lowest BCUT2D eigenvalue weighted by Gasteiger charge is -2.42. The van der Waals surface area contributed by atoms with E-state index in [-0.39, 0.29) is 37.2 Å². The highest BCUT2D eigenvalue weighted by Gasteiger charge is 2.41. The molecule has 10 heteroatoms. The zero-order chi connectivity index (χ0) is 29.6. The van der Waals surface area contributed by atoms with Crippen molar-refractivity contribution in [3.05, 3.63) is 106 Å². The Balaban J connectivity index is 1.20. The molecule has 0 saturated carbocycles. The number of imide groups is 1. The monoisotopic (exact) mass is 577 g/mol. The molecule has 3 aromatic carbocycles. The van der Waals surface area contributed by atoms with E-state index >= 15 is 0 Å². The van der Waals surface area contributed by atoms with E-state index in [2.05, 4.69) is 10.2 Å². The molecule has 2 N–H and O–H groups in total. The van der Waals surface area contributed by atoms with Gasteiger partial charge in [-0.25, -0.2) is 0 Å². The minimum atomic E-state index is -4.41. The van der Waals surface area contributed by atoms with Crippen molar-refractivity contribution in [2.45, 2.75) is 56.1 Å². The molecule has 0 aliphatic carbocycles. The summed E-state index contributed by atoms with van der Waals surface area (Å²) in [4.78, 5) is 40.7. The lowest BCUT2D eigenvalue weighted by Crippen LogP contribution is -2.52. The molecule has 0 bridgehead atoms.